The standard InChI is InChI=1S/C18H16N2O4/c21-15-11-5-1-2-6-12(11)16(22)19(15)9-10-20-17(23)13-7-3-4-8-14(13)18(20)24/h1-8,15,17,21,23H,9-10H2/t15-,17-/m0/s1. The summed E-state index contributed by atoms with van der Waals surface area (Å²) in [6.45, 7) is 0.289. The monoisotopic (exact) mass is 324 g/mol. The van der Waals surface area contributed by atoms with Crippen molar-refractivity contribution in [3.05, 3.63) is 70.8 Å². The molecule has 0 unspecified atom stereocenters. The molecule has 2 heterocycles. The highest BCUT2D eigenvalue weighted by atomic mass is 16.3. The van der Waals surface area contributed by atoms with Crippen molar-refractivity contribution >= 4 is 11.8 Å². The largest absolute Gasteiger partial charge is 0.369 e. The lowest BCUT2D eigenvalue weighted by molar-refractivity contribution is -0.00761. The van der Waals surface area contributed by atoms with Gasteiger partial charge in [0.25, 0.3) is 11.8 Å². The van der Waals surface area contributed by atoms with E-state index < -0.39 is 12.5 Å². The summed E-state index contributed by atoms with van der Waals surface area (Å²) < 4.78 is 0. The predicted molar refractivity (Wildman–Crippen MR) is 84.9 cm³/mol. The van der Waals surface area contributed by atoms with E-state index >= 15 is 0 Å². The average molecular weight is 324 g/mol. The number of benzene rings is 2. The summed E-state index contributed by atoms with van der Waals surface area (Å²) in [5.74, 6) is -0.534. The van der Waals surface area contributed by atoms with Gasteiger partial charge in [-0.05, 0) is 12.1 Å². The first-order valence-electron chi connectivity index (χ1n) is 7.75. The van der Waals surface area contributed by atoms with E-state index in [4.69, 9.17) is 0 Å². The van der Waals surface area contributed by atoms with E-state index in [9.17, 15) is 19.8 Å². The number of fused-ring (bicyclic) bond motifs is 2. The van der Waals surface area contributed by atoms with E-state index in [1.165, 1.54) is 9.80 Å². The second-order valence-electron chi connectivity index (χ2n) is 5.92. The summed E-state index contributed by atoms with van der Waals surface area (Å²) >= 11 is 0. The normalized spacial score (nSPS) is 22.1. The lowest BCUT2D eigenvalue weighted by Crippen LogP contribution is -2.38. The van der Waals surface area contributed by atoms with Crippen molar-refractivity contribution in [3.63, 3.8) is 0 Å². The van der Waals surface area contributed by atoms with Gasteiger partial charge in [-0.3, -0.25) is 9.59 Å². The summed E-state index contributed by atoms with van der Waals surface area (Å²) in [5.41, 5.74) is 2.08. The Morgan fingerprint density at radius 2 is 1.08 bits per heavy atom. The number of aliphatic hydroxyl groups excluding tert-OH is 2. The summed E-state index contributed by atoms with van der Waals surface area (Å²) in [5, 5.41) is 20.7. The molecule has 2 aromatic rings. The molecule has 2 atom stereocenters. The summed E-state index contributed by atoms with van der Waals surface area (Å²) in [6, 6.07) is 13.8. The molecule has 4 rings (SSSR count). The van der Waals surface area contributed by atoms with Gasteiger partial charge < -0.3 is 20.0 Å². The molecular weight excluding hydrogens is 308 g/mol. The first kappa shape index (κ1) is 14.9. The van der Waals surface area contributed by atoms with E-state index in [2.05, 4.69) is 0 Å². The highest BCUT2D eigenvalue weighted by Crippen LogP contribution is 2.33. The fraction of sp³-hybridized carbons (Fsp3) is 0.222. The summed E-state index contributed by atoms with van der Waals surface area (Å²) in [7, 11) is 0. The second kappa shape index (κ2) is 5.43. The van der Waals surface area contributed by atoms with Crippen molar-refractivity contribution in [1.29, 1.82) is 0 Å². The first-order chi connectivity index (χ1) is 11.6. The Bertz CT molecular complexity index is 766. The van der Waals surface area contributed by atoms with Gasteiger partial charge in [0, 0.05) is 35.3 Å². The zero-order valence-electron chi connectivity index (χ0n) is 12.8. The molecule has 2 aliphatic heterocycles. The third-order valence-electron chi connectivity index (χ3n) is 4.63. The molecule has 6 heteroatoms. The quantitative estimate of drug-likeness (QED) is 0.891. The zero-order valence-corrected chi connectivity index (χ0v) is 12.8. The van der Waals surface area contributed by atoms with Gasteiger partial charge in [0.2, 0.25) is 0 Å². The van der Waals surface area contributed by atoms with Crippen LogP contribution in [0, 0.1) is 0 Å². The Morgan fingerprint density at radius 1 is 0.708 bits per heavy atom. The lowest BCUT2D eigenvalue weighted by atomic mass is 10.1. The van der Waals surface area contributed by atoms with Crippen molar-refractivity contribution in [2.45, 2.75) is 12.5 Å². The van der Waals surface area contributed by atoms with Crippen molar-refractivity contribution in [1.82, 2.24) is 9.80 Å². The van der Waals surface area contributed by atoms with Crippen LogP contribution in [0.3, 0.4) is 0 Å². The number of amides is 2. The van der Waals surface area contributed by atoms with Crippen LogP contribution in [0.4, 0.5) is 0 Å². The Kier molecular flexibility index (Phi) is 3.37. The average Bonchev–Trinajstić information content (AvgIpc) is 3.00. The number of carbonyl (C=O) groups is 2. The molecule has 0 aliphatic carbocycles. The van der Waals surface area contributed by atoms with E-state index in [1.54, 1.807) is 48.5 Å². The van der Waals surface area contributed by atoms with Crippen LogP contribution in [-0.2, 0) is 0 Å². The molecule has 2 N–H and O–H groups in total. The van der Waals surface area contributed by atoms with Crippen LogP contribution in [0.2, 0.25) is 0 Å². The Hall–Kier alpha value is -2.70. The first-order valence-corrected chi connectivity index (χ1v) is 7.75. The highest BCUT2D eigenvalue weighted by molar-refractivity contribution is 6.00. The van der Waals surface area contributed by atoms with Crippen LogP contribution in [0.5, 0.6) is 0 Å². The molecule has 0 fully saturated rings. The summed E-state index contributed by atoms with van der Waals surface area (Å²) in [6.07, 6.45) is -2.04. The fourth-order valence-corrected chi connectivity index (χ4v) is 3.36. The lowest BCUT2D eigenvalue weighted by Gasteiger charge is -2.26. The maximum atomic E-state index is 12.4. The van der Waals surface area contributed by atoms with Gasteiger partial charge >= 0.3 is 0 Å². The minimum absolute atomic E-state index is 0.144. The van der Waals surface area contributed by atoms with Gasteiger partial charge in [0.05, 0.1) is 0 Å². The van der Waals surface area contributed by atoms with Gasteiger partial charge in [-0.15, -0.1) is 0 Å². The highest BCUT2D eigenvalue weighted by Gasteiger charge is 2.38. The molecule has 2 amide bonds. The number of rotatable bonds is 3. The van der Waals surface area contributed by atoms with Crippen molar-refractivity contribution in [2.75, 3.05) is 13.1 Å². The third-order valence-corrected chi connectivity index (χ3v) is 4.63. The Morgan fingerprint density at radius 3 is 1.46 bits per heavy atom. The molecule has 0 aromatic heterocycles. The van der Waals surface area contributed by atoms with Gasteiger partial charge in [0.15, 0.2) is 12.5 Å². The molecule has 2 aliphatic rings. The summed E-state index contributed by atoms with van der Waals surface area (Å²) in [4.78, 5) is 27.4. The molecule has 0 radical (unpaired) electrons. The van der Waals surface area contributed by atoms with Crippen molar-refractivity contribution in [3.8, 4) is 0 Å². The number of carbonyl (C=O) groups excluding carboxylic acids is 2. The SMILES string of the molecule is O=C1c2ccccc2[C@H](O)N1CCN1C(=O)c2ccccc2[C@@H]1O. The van der Waals surface area contributed by atoms with Gasteiger partial charge in [-0.25, -0.2) is 0 Å². The van der Waals surface area contributed by atoms with Crippen LogP contribution in [0.25, 0.3) is 0 Å². The molecule has 24 heavy (non-hydrogen) atoms. The minimum atomic E-state index is -1.02. The van der Waals surface area contributed by atoms with Gasteiger partial charge in [-0.1, -0.05) is 36.4 Å². The molecule has 6 nitrogen and oxygen atoms in total. The van der Waals surface area contributed by atoms with Crippen LogP contribution >= 0.6 is 0 Å². The number of hydrogen-bond acceptors (Lipinski definition) is 4. The van der Waals surface area contributed by atoms with E-state index in [0.717, 1.165) is 0 Å². The van der Waals surface area contributed by atoms with Crippen LogP contribution in [-0.4, -0.2) is 44.9 Å². The van der Waals surface area contributed by atoms with Gasteiger partial charge in [-0.2, -0.15) is 0 Å². The number of aliphatic hydroxyl groups is 2. The molecule has 0 saturated heterocycles. The Balaban J connectivity index is 1.51. The smallest absolute Gasteiger partial charge is 0.256 e. The Labute approximate surface area is 138 Å². The fourth-order valence-electron chi connectivity index (χ4n) is 3.36. The van der Waals surface area contributed by atoms with E-state index in [1.807, 2.05) is 0 Å². The predicted octanol–water partition coefficient (Wildman–Crippen LogP) is 1.28. The topological polar surface area (TPSA) is 81.1 Å². The van der Waals surface area contributed by atoms with Crippen LogP contribution in [0.1, 0.15) is 44.3 Å². The van der Waals surface area contributed by atoms with Crippen molar-refractivity contribution in [2.24, 2.45) is 0 Å². The minimum Gasteiger partial charge on any atom is -0.369 e. The molecule has 2 aromatic carbocycles. The molecule has 0 bridgehead atoms. The molecule has 0 spiro atoms. The molecule has 0 saturated carbocycles. The second-order valence-corrected chi connectivity index (χ2v) is 5.92. The van der Waals surface area contributed by atoms with Crippen molar-refractivity contribution < 1.29 is 19.8 Å². The van der Waals surface area contributed by atoms with Crippen LogP contribution in [0.15, 0.2) is 48.5 Å². The maximum Gasteiger partial charge on any atom is 0.256 e. The number of nitrogens with zero attached hydrogens (tertiary/aromatic N) is 2. The van der Waals surface area contributed by atoms with E-state index in [0.29, 0.717) is 22.3 Å². The van der Waals surface area contributed by atoms with Gasteiger partial charge in [0.1, 0.15) is 0 Å². The van der Waals surface area contributed by atoms with Crippen LogP contribution < -0.4 is 0 Å². The molecular formula is C18H16N2O4. The molecule has 122 valence electrons. The number of hydrogen-bond donors (Lipinski definition) is 2. The third kappa shape index (κ3) is 2.04. The zero-order chi connectivity index (χ0) is 16.8. The maximum absolute atomic E-state index is 12.4. The van der Waals surface area contributed by atoms with E-state index in [-0.39, 0.29) is 24.9 Å².